The summed E-state index contributed by atoms with van der Waals surface area (Å²) in [5.74, 6) is 1.15. The number of nitrogen functional groups attached to an aromatic ring is 2. The van der Waals surface area contributed by atoms with Crippen LogP contribution in [0.4, 0.5) is 17.3 Å². The molecular weight excluding hydrogens is 442 g/mol. The number of aliphatic imine (C=N–C) groups is 1. The number of nitrogens with two attached hydrogens (primary N) is 3. The number of nitrogens with zero attached hydrogens (tertiary/aromatic N) is 4. The lowest BCUT2D eigenvalue weighted by molar-refractivity contribution is 0.203. The van der Waals surface area contributed by atoms with Crippen molar-refractivity contribution in [2.45, 2.75) is 42.1 Å². The molecule has 1 spiro atoms. The van der Waals surface area contributed by atoms with Gasteiger partial charge < -0.3 is 22.1 Å². The molecule has 168 valence electrons. The first-order chi connectivity index (χ1) is 15.4. The van der Waals surface area contributed by atoms with E-state index in [2.05, 4.69) is 32.7 Å². The summed E-state index contributed by atoms with van der Waals surface area (Å²) in [5.41, 5.74) is 21.5. The average molecular weight is 470 g/mol. The molecule has 7 nitrogen and oxygen atoms in total. The molecule has 32 heavy (non-hydrogen) atoms. The van der Waals surface area contributed by atoms with Gasteiger partial charge in [0.25, 0.3) is 0 Å². The van der Waals surface area contributed by atoms with Gasteiger partial charge in [-0.2, -0.15) is 0 Å². The highest BCUT2D eigenvalue weighted by atomic mass is 35.5. The lowest BCUT2D eigenvalue weighted by atomic mass is 9.72. The van der Waals surface area contributed by atoms with Gasteiger partial charge in [-0.25, -0.2) is 9.97 Å². The van der Waals surface area contributed by atoms with Gasteiger partial charge in [0.05, 0.1) is 16.9 Å². The fraction of sp³-hybridized carbons (Fsp3) is 0.348. The van der Waals surface area contributed by atoms with E-state index < -0.39 is 0 Å². The van der Waals surface area contributed by atoms with Crippen LogP contribution in [0, 0.1) is 5.41 Å². The Morgan fingerprint density at radius 2 is 2.06 bits per heavy atom. The molecule has 2 aliphatic rings. The summed E-state index contributed by atoms with van der Waals surface area (Å²) in [6, 6.07) is 5.47. The van der Waals surface area contributed by atoms with E-state index in [0.717, 1.165) is 54.3 Å². The Labute approximate surface area is 197 Å². The third kappa shape index (κ3) is 4.10. The van der Waals surface area contributed by atoms with E-state index >= 15 is 0 Å². The second-order valence-electron chi connectivity index (χ2n) is 8.24. The third-order valence-electron chi connectivity index (χ3n) is 6.42. The summed E-state index contributed by atoms with van der Waals surface area (Å²) in [6.07, 6.45) is 8.63. The summed E-state index contributed by atoms with van der Waals surface area (Å²) in [5, 5.41) is 1.10. The van der Waals surface area contributed by atoms with Crippen LogP contribution in [0.1, 0.15) is 26.2 Å². The summed E-state index contributed by atoms with van der Waals surface area (Å²) < 4.78 is 0. The number of piperidine rings is 1. The van der Waals surface area contributed by atoms with Gasteiger partial charge in [-0.15, -0.1) is 0 Å². The molecule has 4 rings (SSSR count). The quantitative estimate of drug-likeness (QED) is 0.441. The van der Waals surface area contributed by atoms with Crippen molar-refractivity contribution in [3.63, 3.8) is 0 Å². The smallest absolute Gasteiger partial charge is 0.158 e. The van der Waals surface area contributed by atoms with Crippen molar-refractivity contribution < 1.29 is 0 Å². The van der Waals surface area contributed by atoms with Crippen LogP contribution in [0.15, 0.2) is 62.7 Å². The molecule has 1 aliphatic heterocycles. The molecule has 0 amide bonds. The number of allylic oxidation sites excluding steroid dienone is 2. The van der Waals surface area contributed by atoms with Gasteiger partial charge in [-0.3, -0.25) is 4.99 Å². The monoisotopic (exact) mass is 469 g/mol. The minimum Gasteiger partial charge on any atom is -0.397 e. The van der Waals surface area contributed by atoms with Gasteiger partial charge in [-0.1, -0.05) is 41.6 Å². The van der Waals surface area contributed by atoms with Crippen LogP contribution in [0.3, 0.4) is 0 Å². The van der Waals surface area contributed by atoms with Gasteiger partial charge in [-0.05, 0) is 56.0 Å². The lowest BCUT2D eigenvalue weighted by Crippen LogP contribution is -2.48. The number of halogens is 1. The average Bonchev–Trinajstić information content (AvgIpc) is 3.04. The maximum atomic E-state index is 6.68. The number of hydrogen-bond acceptors (Lipinski definition) is 8. The Morgan fingerprint density at radius 3 is 2.72 bits per heavy atom. The number of aromatic nitrogens is 2. The highest BCUT2D eigenvalue weighted by molar-refractivity contribution is 7.99. The van der Waals surface area contributed by atoms with Gasteiger partial charge in [0, 0.05) is 29.7 Å². The molecule has 2 aromatic rings. The number of benzene rings is 1. The second-order valence-corrected chi connectivity index (χ2v) is 9.65. The minimum absolute atomic E-state index is 0.0145. The van der Waals surface area contributed by atoms with Crippen LogP contribution < -0.4 is 22.1 Å². The topological polar surface area (TPSA) is 119 Å². The maximum Gasteiger partial charge on any atom is 0.158 e. The molecule has 0 radical (unpaired) electrons. The Morgan fingerprint density at radius 1 is 1.31 bits per heavy atom. The Hall–Kier alpha value is -2.55. The van der Waals surface area contributed by atoms with E-state index in [1.807, 2.05) is 25.1 Å². The standard InChI is InChI=1S/C23H28ClN7S/c1-3-5-14-16(28-2)12-23(20(14)26)8-10-31(11-9-23)18-13-29-22(21(27)30-18)32-17-7-4-6-15(25)19(17)24/h3-7,13,20H,2,8-12,25-26H2,1H3,(H2,27,30)/b5-3-. The highest BCUT2D eigenvalue weighted by Crippen LogP contribution is 2.49. The predicted molar refractivity (Wildman–Crippen MR) is 134 cm³/mol. The zero-order valence-electron chi connectivity index (χ0n) is 18.1. The van der Waals surface area contributed by atoms with Crippen LogP contribution >= 0.6 is 23.4 Å². The first-order valence-corrected chi connectivity index (χ1v) is 11.8. The number of anilines is 3. The molecule has 1 saturated heterocycles. The van der Waals surface area contributed by atoms with Crippen molar-refractivity contribution >= 4 is 47.4 Å². The van der Waals surface area contributed by atoms with Crippen LogP contribution in [0.5, 0.6) is 0 Å². The minimum atomic E-state index is -0.0284. The second kappa shape index (κ2) is 9.13. The van der Waals surface area contributed by atoms with Crippen molar-refractivity contribution in [1.29, 1.82) is 0 Å². The normalized spacial score (nSPS) is 20.5. The van der Waals surface area contributed by atoms with Gasteiger partial charge in [0.15, 0.2) is 5.82 Å². The molecule has 1 aromatic heterocycles. The van der Waals surface area contributed by atoms with Gasteiger partial charge in [0.2, 0.25) is 0 Å². The van der Waals surface area contributed by atoms with E-state index in [1.54, 1.807) is 12.3 Å². The van der Waals surface area contributed by atoms with Crippen molar-refractivity contribution in [1.82, 2.24) is 9.97 Å². The molecule has 1 atom stereocenters. The molecule has 0 saturated carbocycles. The SMILES string of the molecule is C=NC1=C(/C=C\C)C(N)C2(CCN(c3cnc(Sc4cccc(N)c4Cl)c(N)n3)CC2)C1. The van der Waals surface area contributed by atoms with Crippen LogP contribution in [-0.2, 0) is 0 Å². The molecule has 1 aromatic carbocycles. The molecule has 6 N–H and O–H groups in total. The van der Waals surface area contributed by atoms with E-state index in [1.165, 1.54) is 11.8 Å². The molecule has 1 fully saturated rings. The van der Waals surface area contributed by atoms with Crippen molar-refractivity contribution in [2.24, 2.45) is 16.1 Å². The molecule has 1 aliphatic carbocycles. The first-order valence-electron chi connectivity index (χ1n) is 10.6. The molecule has 1 unspecified atom stereocenters. The zero-order valence-corrected chi connectivity index (χ0v) is 19.7. The Balaban J connectivity index is 1.46. The fourth-order valence-electron chi connectivity index (χ4n) is 4.57. The molecule has 0 bridgehead atoms. The highest BCUT2D eigenvalue weighted by Gasteiger charge is 2.46. The predicted octanol–water partition coefficient (Wildman–Crippen LogP) is 4.29. The van der Waals surface area contributed by atoms with Crippen LogP contribution in [0.25, 0.3) is 0 Å². The summed E-state index contributed by atoms with van der Waals surface area (Å²) in [7, 11) is 0. The largest absolute Gasteiger partial charge is 0.397 e. The third-order valence-corrected chi connectivity index (χ3v) is 8.02. The van der Waals surface area contributed by atoms with E-state index in [9.17, 15) is 0 Å². The van der Waals surface area contributed by atoms with Gasteiger partial charge in [0.1, 0.15) is 10.8 Å². The number of hydrogen-bond donors (Lipinski definition) is 3. The van der Waals surface area contributed by atoms with Gasteiger partial charge >= 0.3 is 0 Å². The van der Waals surface area contributed by atoms with Crippen LogP contribution in [0.2, 0.25) is 5.02 Å². The maximum absolute atomic E-state index is 6.68. The Bertz CT molecular complexity index is 1090. The Kier molecular flexibility index (Phi) is 6.46. The van der Waals surface area contributed by atoms with Crippen LogP contribution in [-0.4, -0.2) is 35.8 Å². The van der Waals surface area contributed by atoms with Crippen molar-refractivity contribution in [2.75, 3.05) is 29.5 Å². The molecule has 2 heterocycles. The van der Waals surface area contributed by atoms with Crippen molar-refractivity contribution in [3.05, 3.63) is 52.8 Å². The summed E-state index contributed by atoms with van der Waals surface area (Å²) in [4.78, 5) is 16.4. The number of rotatable bonds is 5. The first kappa shape index (κ1) is 22.6. The molecular formula is C23H28ClN7S. The summed E-state index contributed by atoms with van der Waals surface area (Å²) >= 11 is 7.66. The van der Waals surface area contributed by atoms with Crippen molar-refractivity contribution in [3.8, 4) is 0 Å². The van der Waals surface area contributed by atoms with E-state index in [0.29, 0.717) is 21.6 Å². The summed E-state index contributed by atoms with van der Waals surface area (Å²) in [6.45, 7) is 7.42. The molecule has 9 heteroatoms. The van der Waals surface area contributed by atoms with E-state index in [-0.39, 0.29) is 11.5 Å². The fourth-order valence-corrected chi connectivity index (χ4v) is 5.63. The van der Waals surface area contributed by atoms with E-state index in [4.69, 9.17) is 28.8 Å². The zero-order chi connectivity index (χ0) is 22.9. The lowest BCUT2D eigenvalue weighted by Gasteiger charge is -2.43.